The van der Waals surface area contributed by atoms with Gasteiger partial charge < -0.3 is 14.9 Å². The van der Waals surface area contributed by atoms with Gasteiger partial charge in [-0.05, 0) is 25.5 Å². The summed E-state index contributed by atoms with van der Waals surface area (Å²) in [5, 5.41) is 15.2. The first-order valence-electron chi connectivity index (χ1n) is 5.56. The molecule has 6 heteroatoms. The summed E-state index contributed by atoms with van der Waals surface area (Å²) >= 11 is 0. The lowest BCUT2D eigenvalue weighted by Crippen LogP contribution is -2.15. The van der Waals surface area contributed by atoms with Gasteiger partial charge in [-0.3, -0.25) is 4.79 Å². The fourth-order valence-electron chi connectivity index (χ4n) is 1.74. The van der Waals surface area contributed by atoms with Crippen LogP contribution in [0.15, 0.2) is 28.9 Å². The highest BCUT2D eigenvalue weighted by Crippen LogP contribution is 2.20. The van der Waals surface area contributed by atoms with Crippen molar-refractivity contribution in [3.63, 3.8) is 0 Å². The molecule has 0 radical (unpaired) electrons. The first kappa shape index (κ1) is 12.8. The van der Waals surface area contributed by atoms with Gasteiger partial charge in [-0.2, -0.15) is 0 Å². The first-order valence-corrected chi connectivity index (χ1v) is 5.56. The summed E-state index contributed by atoms with van der Waals surface area (Å²) in [6, 6.07) is 4.86. The molecule has 1 amide bonds. The summed E-state index contributed by atoms with van der Waals surface area (Å²) in [6.07, 6.45) is 1.42. The van der Waals surface area contributed by atoms with Crippen LogP contribution >= 0.6 is 0 Å². The summed E-state index contributed by atoms with van der Waals surface area (Å²) in [5.74, 6) is -1.55. The number of carboxylic acids is 1. The Balaban J connectivity index is 2.35. The molecule has 0 unspecified atom stereocenters. The van der Waals surface area contributed by atoms with Gasteiger partial charge in [0, 0.05) is 5.56 Å². The lowest BCUT2D eigenvalue weighted by Gasteiger charge is -2.09. The van der Waals surface area contributed by atoms with E-state index in [1.165, 1.54) is 12.3 Å². The second-order valence-electron chi connectivity index (χ2n) is 4.09. The van der Waals surface area contributed by atoms with Crippen LogP contribution in [-0.2, 0) is 0 Å². The SMILES string of the molecule is Cc1cnoc1C(=O)Nc1cccc(C)c1C(=O)O. The van der Waals surface area contributed by atoms with Crippen LogP contribution in [-0.4, -0.2) is 22.1 Å². The Labute approximate surface area is 109 Å². The number of aromatic carboxylic acids is 1. The highest BCUT2D eigenvalue weighted by Gasteiger charge is 2.19. The van der Waals surface area contributed by atoms with Gasteiger partial charge in [0.1, 0.15) is 0 Å². The van der Waals surface area contributed by atoms with E-state index in [0.29, 0.717) is 11.1 Å². The predicted molar refractivity (Wildman–Crippen MR) is 67.3 cm³/mol. The molecule has 2 rings (SSSR count). The zero-order chi connectivity index (χ0) is 14.0. The minimum absolute atomic E-state index is 0.0630. The standard InChI is InChI=1S/C13H12N2O4/c1-7-4-3-5-9(10(7)13(17)18)15-12(16)11-8(2)6-14-19-11/h3-6H,1-2H3,(H,15,16)(H,17,18). The number of nitrogens with one attached hydrogen (secondary N) is 1. The van der Waals surface area contributed by atoms with Gasteiger partial charge in [0.2, 0.25) is 5.76 Å². The van der Waals surface area contributed by atoms with E-state index in [1.54, 1.807) is 26.0 Å². The van der Waals surface area contributed by atoms with Crippen LogP contribution in [0.4, 0.5) is 5.69 Å². The van der Waals surface area contributed by atoms with E-state index in [9.17, 15) is 9.59 Å². The molecule has 19 heavy (non-hydrogen) atoms. The van der Waals surface area contributed by atoms with E-state index < -0.39 is 11.9 Å². The number of carbonyl (C=O) groups excluding carboxylic acids is 1. The minimum atomic E-state index is -1.09. The van der Waals surface area contributed by atoms with Crippen molar-refractivity contribution in [1.29, 1.82) is 0 Å². The van der Waals surface area contributed by atoms with E-state index in [2.05, 4.69) is 10.5 Å². The van der Waals surface area contributed by atoms with Gasteiger partial charge in [0.15, 0.2) is 0 Å². The molecule has 0 aliphatic heterocycles. The summed E-state index contributed by atoms with van der Waals surface area (Å²) in [6.45, 7) is 3.35. The molecule has 6 nitrogen and oxygen atoms in total. The normalized spacial score (nSPS) is 10.2. The highest BCUT2D eigenvalue weighted by molar-refractivity contribution is 6.07. The Hall–Kier alpha value is -2.63. The summed E-state index contributed by atoms with van der Waals surface area (Å²) in [7, 11) is 0. The van der Waals surface area contributed by atoms with E-state index in [-0.39, 0.29) is 17.0 Å². The number of aromatic nitrogens is 1. The largest absolute Gasteiger partial charge is 0.478 e. The van der Waals surface area contributed by atoms with E-state index in [1.807, 2.05) is 0 Å². The zero-order valence-electron chi connectivity index (χ0n) is 10.4. The van der Waals surface area contributed by atoms with Gasteiger partial charge in [-0.25, -0.2) is 4.79 Å². The van der Waals surface area contributed by atoms with Gasteiger partial charge in [0.05, 0.1) is 17.4 Å². The molecule has 1 aromatic heterocycles. The number of nitrogens with zero attached hydrogens (tertiary/aromatic N) is 1. The number of carbonyl (C=O) groups is 2. The van der Waals surface area contributed by atoms with E-state index >= 15 is 0 Å². The molecule has 1 aromatic carbocycles. The van der Waals surface area contributed by atoms with Crippen LogP contribution in [0.1, 0.15) is 32.0 Å². The molecule has 0 spiro atoms. The van der Waals surface area contributed by atoms with Gasteiger partial charge in [-0.15, -0.1) is 0 Å². The zero-order valence-corrected chi connectivity index (χ0v) is 10.4. The lowest BCUT2D eigenvalue weighted by atomic mass is 10.1. The molecular formula is C13H12N2O4. The lowest BCUT2D eigenvalue weighted by molar-refractivity contribution is 0.0697. The topological polar surface area (TPSA) is 92.4 Å². The van der Waals surface area contributed by atoms with Gasteiger partial charge >= 0.3 is 5.97 Å². The molecule has 0 atom stereocenters. The maximum atomic E-state index is 11.9. The number of aryl methyl sites for hydroxylation is 2. The third kappa shape index (κ3) is 2.47. The number of amides is 1. The molecule has 98 valence electrons. The fourth-order valence-corrected chi connectivity index (χ4v) is 1.74. The van der Waals surface area contributed by atoms with Crippen LogP contribution in [0.5, 0.6) is 0 Å². The second kappa shape index (κ2) is 4.93. The number of carboxylic acid groups (broad SMARTS) is 1. The maximum absolute atomic E-state index is 11.9. The third-order valence-electron chi connectivity index (χ3n) is 2.69. The smallest absolute Gasteiger partial charge is 0.338 e. The van der Waals surface area contributed by atoms with Crippen molar-refractivity contribution in [3.8, 4) is 0 Å². The van der Waals surface area contributed by atoms with Crippen LogP contribution in [0.25, 0.3) is 0 Å². The Morgan fingerprint density at radius 1 is 1.26 bits per heavy atom. The number of benzene rings is 1. The summed E-state index contributed by atoms with van der Waals surface area (Å²) in [5.41, 5.74) is 1.45. The summed E-state index contributed by atoms with van der Waals surface area (Å²) < 4.78 is 4.82. The van der Waals surface area contributed by atoms with Crippen molar-refractivity contribution >= 4 is 17.6 Å². The monoisotopic (exact) mass is 260 g/mol. The van der Waals surface area contributed by atoms with Crippen molar-refractivity contribution in [1.82, 2.24) is 5.16 Å². The Morgan fingerprint density at radius 3 is 2.58 bits per heavy atom. The number of hydrogen-bond donors (Lipinski definition) is 2. The van der Waals surface area contributed by atoms with Crippen LogP contribution in [0.3, 0.4) is 0 Å². The van der Waals surface area contributed by atoms with Gasteiger partial charge in [-0.1, -0.05) is 17.3 Å². The molecule has 0 aliphatic rings. The van der Waals surface area contributed by atoms with Crippen molar-refractivity contribution in [2.75, 3.05) is 5.32 Å². The Kier molecular flexibility index (Phi) is 3.33. The summed E-state index contributed by atoms with van der Waals surface area (Å²) in [4.78, 5) is 23.1. The van der Waals surface area contributed by atoms with E-state index in [4.69, 9.17) is 9.63 Å². The molecule has 2 aromatic rings. The fraction of sp³-hybridized carbons (Fsp3) is 0.154. The molecule has 1 heterocycles. The van der Waals surface area contributed by atoms with Crippen LogP contribution in [0.2, 0.25) is 0 Å². The number of anilines is 1. The first-order chi connectivity index (χ1) is 9.00. The van der Waals surface area contributed by atoms with Crippen molar-refractivity contribution < 1.29 is 19.2 Å². The molecule has 0 saturated heterocycles. The van der Waals surface area contributed by atoms with Crippen LogP contribution in [0, 0.1) is 13.8 Å². The predicted octanol–water partition coefficient (Wildman–Crippen LogP) is 2.24. The molecule has 0 fully saturated rings. The van der Waals surface area contributed by atoms with Crippen molar-refractivity contribution in [2.24, 2.45) is 0 Å². The molecule has 2 N–H and O–H groups in total. The molecule has 0 bridgehead atoms. The van der Waals surface area contributed by atoms with Crippen molar-refractivity contribution in [3.05, 3.63) is 46.8 Å². The number of rotatable bonds is 3. The Bertz CT molecular complexity index is 646. The average molecular weight is 260 g/mol. The number of hydrogen-bond acceptors (Lipinski definition) is 4. The van der Waals surface area contributed by atoms with Crippen LogP contribution < -0.4 is 5.32 Å². The van der Waals surface area contributed by atoms with Crippen molar-refractivity contribution in [2.45, 2.75) is 13.8 Å². The third-order valence-corrected chi connectivity index (χ3v) is 2.69. The average Bonchev–Trinajstić information content (AvgIpc) is 2.75. The molecule has 0 aliphatic carbocycles. The van der Waals surface area contributed by atoms with Gasteiger partial charge in [0.25, 0.3) is 5.91 Å². The Morgan fingerprint density at radius 2 is 2.00 bits per heavy atom. The quantitative estimate of drug-likeness (QED) is 0.882. The highest BCUT2D eigenvalue weighted by atomic mass is 16.5. The second-order valence-corrected chi connectivity index (χ2v) is 4.09. The maximum Gasteiger partial charge on any atom is 0.338 e. The molecular weight excluding hydrogens is 248 g/mol. The minimum Gasteiger partial charge on any atom is -0.478 e. The molecule has 0 saturated carbocycles. The van der Waals surface area contributed by atoms with E-state index in [0.717, 1.165) is 0 Å².